The Morgan fingerprint density at radius 1 is 0.679 bits per heavy atom. The zero-order valence-corrected chi connectivity index (χ0v) is 17.3. The van der Waals surface area contributed by atoms with Gasteiger partial charge in [0.2, 0.25) is 0 Å². The van der Waals surface area contributed by atoms with Gasteiger partial charge in [0.1, 0.15) is 11.5 Å². The summed E-state index contributed by atoms with van der Waals surface area (Å²) in [6.07, 6.45) is 1.51. The van der Waals surface area contributed by atoms with Crippen LogP contribution < -0.4 is 9.05 Å². The van der Waals surface area contributed by atoms with Gasteiger partial charge in [-0.3, -0.25) is 0 Å². The molecule has 8 nitrogen and oxygen atoms in total. The largest absolute Gasteiger partial charge is 0.847 e. The first-order valence-electron chi connectivity index (χ1n) is 8.55. The summed E-state index contributed by atoms with van der Waals surface area (Å²) in [4.78, 5) is 28.3. The van der Waals surface area contributed by atoms with Gasteiger partial charge in [-0.25, -0.2) is 0 Å². The lowest BCUT2D eigenvalue weighted by Gasteiger charge is -2.15. The molecule has 0 aliphatic heterocycles. The fourth-order valence-corrected chi connectivity index (χ4v) is 3.75. The number of benzene rings is 2. The summed E-state index contributed by atoms with van der Waals surface area (Å²) >= 11 is 0. The molecule has 0 amide bonds. The van der Waals surface area contributed by atoms with E-state index in [1.54, 1.807) is 48.5 Å². The van der Waals surface area contributed by atoms with E-state index in [9.17, 15) is 9.13 Å². The molecule has 0 unspecified atom stereocenters. The first-order valence-corrected chi connectivity index (χ1v) is 11.8. The highest BCUT2D eigenvalue weighted by Crippen LogP contribution is 2.40. The molecule has 10 heteroatoms. The van der Waals surface area contributed by atoms with Crippen LogP contribution in [0.25, 0.3) is 11.1 Å². The molecular weight excluding hydrogens is 406 g/mol. The predicted octanol–water partition coefficient (Wildman–Crippen LogP) is 3.29. The van der Waals surface area contributed by atoms with Gasteiger partial charge in [0.25, 0.3) is 0 Å². The van der Waals surface area contributed by atoms with Crippen LogP contribution in [0.15, 0.2) is 48.5 Å². The Kier molecular flexibility index (Phi) is 7.23. The van der Waals surface area contributed by atoms with E-state index in [-0.39, 0.29) is 11.5 Å². The molecule has 0 fully saturated rings. The van der Waals surface area contributed by atoms with E-state index in [0.717, 1.165) is 35.1 Å². The molecule has 28 heavy (non-hydrogen) atoms. The first kappa shape index (κ1) is 22.4. The fraction of sp³-hybridized carbons (Fsp3) is 0.222. The standard InChI is InChI=1S/C18H22O8P2/c1-3-17(13-5-9-15(10-6-13)25-27(19,20)21)18(4-2)14-7-11-16(12-8-14)26-28(22,23)24/h5-12H,3-4H2,1-2H3,(H2,19,20,21)(H2,22,23,24)/p+4. The zero-order chi connectivity index (χ0) is 20.9. The van der Waals surface area contributed by atoms with E-state index in [1.165, 1.54) is 0 Å². The number of hydrogen-bond acceptors (Lipinski definition) is 4. The predicted molar refractivity (Wildman–Crippen MR) is 111 cm³/mol. The quantitative estimate of drug-likeness (QED) is 0.358. The molecule has 0 aromatic heterocycles. The van der Waals surface area contributed by atoms with Gasteiger partial charge in [0, 0.05) is 0 Å². The second kappa shape index (κ2) is 9.05. The highest BCUT2D eigenvalue weighted by atomic mass is 31.2. The van der Waals surface area contributed by atoms with Crippen LogP contribution in [-0.4, -0.2) is 19.6 Å². The van der Waals surface area contributed by atoms with Crippen molar-refractivity contribution in [3.63, 3.8) is 0 Å². The van der Waals surface area contributed by atoms with Gasteiger partial charge in [-0.2, -0.15) is 0 Å². The number of rotatable bonds is 8. The van der Waals surface area contributed by atoms with Gasteiger partial charge >= 0.3 is 15.6 Å². The lowest BCUT2D eigenvalue weighted by molar-refractivity contribution is 0.281. The van der Waals surface area contributed by atoms with E-state index in [4.69, 9.17) is 28.6 Å². The monoisotopic (exact) mass is 432 g/mol. The van der Waals surface area contributed by atoms with Crippen molar-refractivity contribution in [2.75, 3.05) is 0 Å². The Morgan fingerprint density at radius 2 is 0.964 bits per heavy atom. The molecule has 0 radical (unpaired) electrons. The van der Waals surface area contributed by atoms with Crippen LogP contribution in [0.3, 0.4) is 0 Å². The average molecular weight is 432 g/mol. The smallest absolute Gasteiger partial charge is 0.326 e. The summed E-state index contributed by atoms with van der Waals surface area (Å²) in [5.74, 6) is 0.421. The van der Waals surface area contributed by atoms with Gasteiger partial charge in [-0.05, 0) is 59.4 Å². The molecule has 2 aromatic carbocycles. The third kappa shape index (κ3) is 6.60. The van der Waals surface area contributed by atoms with Gasteiger partial charge < -0.3 is 28.6 Å². The van der Waals surface area contributed by atoms with Crippen molar-refractivity contribution >= 4 is 26.8 Å². The Labute approximate surface area is 162 Å². The van der Waals surface area contributed by atoms with Crippen LogP contribution in [0.1, 0.15) is 37.8 Å². The van der Waals surface area contributed by atoms with Crippen molar-refractivity contribution < 1.29 is 37.8 Å². The molecule has 152 valence electrons. The Balaban J connectivity index is 2.36. The van der Waals surface area contributed by atoms with Gasteiger partial charge in [-0.15, -0.1) is 9.13 Å². The SMILES string of the molecule is CCC(=C(CC)c1ccc(OP(=O)([OH2+])[OH2+])cc1)c1ccc(OP(=O)([OH2+])[OH2+])cc1. The zero-order valence-electron chi connectivity index (χ0n) is 15.6. The maximum Gasteiger partial charge on any atom is 0.847 e. The van der Waals surface area contributed by atoms with E-state index >= 15 is 0 Å². The molecule has 0 saturated carbocycles. The summed E-state index contributed by atoms with van der Waals surface area (Å²) in [6.45, 7) is 4.07. The summed E-state index contributed by atoms with van der Waals surface area (Å²) in [6, 6.07) is 13.5. The van der Waals surface area contributed by atoms with Crippen LogP contribution in [0.5, 0.6) is 11.5 Å². The lowest BCUT2D eigenvalue weighted by atomic mass is 9.91. The van der Waals surface area contributed by atoms with Gasteiger partial charge in [0.05, 0.1) is 0 Å². The summed E-state index contributed by atoms with van der Waals surface area (Å²) in [5.41, 5.74) is 4.07. The first-order chi connectivity index (χ1) is 13.0. The molecule has 0 atom stereocenters. The van der Waals surface area contributed by atoms with Crippen LogP contribution in [-0.2, 0) is 9.13 Å². The molecule has 0 spiro atoms. The van der Waals surface area contributed by atoms with Crippen LogP contribution in [0.2, 0.25) is 0 Å². The van der Waals surface area contributed by atoms with Crippen LogP contribution in [0, 0.1) is 0 Å². The number of allylic oxidation sites excluding steroid dienone is 2. The molecule has 2 rings (SSSR count). The number of hydrogen-bond donors (Lipinski definition) is 0. The Morgan fingerprint density at radius 3 is 1.18 bits per heavy atom. The molecule has 2 aromatic rings. The minimum absolute atomic E-state index is 0.210. The highest BCUT2D eigenvalue weighted by molar-refractivity contribution is 7.47. The Hall–Kier alpha value is -1.92. The van der Waals surface area contributed by atoms with Crippen LogP contribution in [0.4, 0.5) is 0 Å². The van der Waals surface area contributed by atoms with Crippen LogP contribution >= 0.6 is 15.6 Å². The Bertz CT molecular complexity index is 846. The van der Waals surface area contributed by atoms with Crippen molar-refractivity contribution in [1.29, 1.82) is 0 Å². The van der Waals surface area contributed by atoms with Crippen molar-refractivity contribution in [2.45, 2.75) is 26.7 Å². The van der Waals surface area contributed by atoms with Gasteiger partial charge in [0.15, 0.2) is 0 Å². The lowest BCUT2D eigenvalue weighted by Crippen LogP contribution is -1.94. The molecule has 0 heterocycles. The molecule has 0 aliphatic rings. The second-order valence-electron chi connectivity index (χ2n) is 6.00. The fourth-order valence-electron chi connectivity index (χ4n) is 2.91. The van der Waals surface area contributed by atoms with Crippen molar-refractivity contribution in [1.82, 2.24) is 0 Å². The third-order valence-electron chi connectivity index (χ3n) is 3.94. The summed E-state index contributed by atoms with van der Waals surface area (Å²) in [5, 5.41) is 0. The van der Waals surface area contributed by atoms with Crippen molar-refractivity contribution in [2.24, 2.45) is 0 Å². The van der Waals surface area contributed by atoms with E-state index in [1.807, 2.05) is 13.8 Å². The van der Waals surface area contributed by atoms with E-state index in [0.29, 0.717) is 0 Å². The second-order valence-corrected chi connectivity index (χ2v) is 8.57. The molecule has 8 N–H and O–H groups in total. The highest BCUT2D eigenvalue weighted by Gasteiger charge is 2.33. The maximum absolute atomic E-state index is 11.2. The summed E-state index contributed by atoms with van der Waals surface area (Å²) < 4.78 is 31.9. The topological polar surface area (TPSA) is 144 Å². The van der Waals surface area contributed by atoms with E-state index < -0.39 is 15.6 Å². The average Bonchev–Trinajstić information content (AvgIpc) is 2.59. The normalized spacial score (nSPS) is 13.1. The molecular formula is C18H26O8P2+4. The molecule has 0 saturated heterocycles. The third-order valence-corrected chi connectivity index (χ3v) is 4.88. The van der Waals surface area contributed by atoms with E-state index in [2.05, 4.69) is 0 Å². The van der Waals surface area contributed by atoms with Crippen molar-refractivity contribution in [3.05, 3.63) is 59.7 Å². The molecule has 0 bridgehead atoms. The minimum atomic E-state index is -4.10. The molecule has 0 aliphatic carbocycles. The van der Waals surface area contributed by atoms with Crippen molar-refractivity contribution in [3.8, 4) is 11.5 Å². The summed E-state index contributed by atoms with van der Waals surface area (Å²) in [7, 11) is -8.19. The minimum Gasteiger partial charge on any atom is -0.326 e. The maximum atomic E-state index is 11.2. The van der Waals surface area contributed by atoms with Gasteiger partial charge in [-0.1, -0.05) is 38.1 Å².